The molecule has 0 aliphatic rings. The van der Waals surface area contributed by atoms with Gasteiger partial charge in [0.15, 0.2) is 0 Å². The number of allylic oxidation sites excluding steroid dienone is 1. The fourth-order valence-corrected chi connectivity index (χ4v) is 3.09. The predicted molar refractivity (Wildman–Crippen MR) is 89.3 cm³/mol. The van der Waals surface area contributed by atoms with Gasteiger partial charge in [-0.25, -0.2) is 4.98 Å². The van der Waals surface area contributed by atoms with Crippen molar-refractivity contribution in [3.05, 3.63) is 65.6 Å². The summed E-state index contributed by atoms with van der Waals surface area (Å²) in [5.74, 6) is 0.161. The number of nitriles is 1. The number of aromatic nitrogens is 1. The van der Waals surface area contributed by atoms with Crippen LogP contribution < -0.4 is 0 Å². The first-order chi connectivity index (χ1) is 10.8. The van der Waals surface area contributed by atoms with Crippen molar-refractivity contribution in [1.29, 1.82) is 5.26 Å². The van der Waals surface area contributed by atoms with Gasteiger partial charge in [0.1, 0.15) is 10.8 Å². The Balaban J connectivity index is 2.08. The Bertz CT molecular complexity index is 860. The van der Waals surface area contributed by atoms with Crippen molar-refractivity contribution in [2.45, 2.75) is 0 Å². The molecule has 3 rings (SSSR count). The lowest BCUT2D eigenvalue weighted by Crippen LogP contribution is -1.84. The summed E-state index contributed by atoms with van der Waals surface area (Å²) in [6.45, 7) is 0. The molecule has 3 aromatic rings. The molecule has 0 fully saturated rings. The van der Waals surface area contributed by atoms with Crippen molar-refractivity contribution in [3.8, 4) is 33.6 Å². The average Bonchev–Trinajstić information content (AvgIpc) is 3.03. The van der Waals surface area contributed by atoms with Crippen LogP contribution in [0.5, 0.6) is 5.75 Å². The highest BCUT2D eigenvalue weighted by Crippen LogP contribution is 2.37. The Morgan fingerprint density at radius 3 is 2.68 bits per heavy atom. The molecule has 0 spiro atoms. The maximum atomic E-state index is 10.2. The summed E-state index contributed by atoms with van der Waals surface area (Å²) in [5.41, 5.74) is 3.34. The second-order valence-corrected chi connectivity index (χ2v) is 5.47. The smallest absolute Gasteiger partial charge is 0.128 e. The Kier molecular flexibility index (Phi) is 3.99. The molecule has 0 bridgehead atoms. The first kappa shape index (κ1) is 14.1. The number of rotatable bonds is 3. The van der Waals surface area contributed by atoms with E-state index in [4.69, 9.17) is 5.26 Å². The molecule has 0 saturated carbocycles. The lowest BCUT2D eigenvalue weighted by atomic mass is 10.1. The Morgan fingerprint density at radius 1 is 1.09 bits per heavy atom. The van der Waals surface area contributed by atoms with Crippen LogP contribution in [0.4, 0.5) is 0 Å². The number of nitrogens with zero attached hydrogens (tertiary/aromatic N) is 2. The number of hydrogen-bond donors (Lipinski definition) is 1. The standard InChI is InChI=1S/C18H12N2OS/c19-11-5-9-14-8-4-10-16(21)17(14)18-20-15(12-22-18)13-6-2-1-3-7-13/h1-10,12,21H/b9-5+. The highest BCUT2D eigenvalue weighted by atomic mass is 32.1. The molecule has 0 aliphatic carbocycles. The van der Waals surface area contributed by atoms with E-state index in [0.29, 0.717) is 5.56 Å². The van der Waals surface area contributed by atoms with Crippen LogP contribution in [0.2, 0.25) is 0 Å². The molecule has 0 radical (unpaired) electrons. The molecule has 1 N–H and O–H groups in total. The molecule has 3 nitrogen and oxygen atoms in total. The fourth-order valence-electron chi connectivity index (χ4n) is 2.19. The summed E-state index contributed by atoms with van der Waals surface area (Å²) in [6.07, 6.45) is 3.07. The van der Waals surface area contributed by atoms with Crippen molar-refractivity contribution in [2.24, 2.45) is 0 Å². The van der Waals surface area contributed by atoms with Crippen LogP contribution >= 0.6 is 11.3 Å². The zero-order valence-electron chi connectivity index (χ0n) is 11.6. The Morgan fingerprint density at radius 2 is 1.91 bits per heavy atom. The molecule has 2 aromatic carbocycles. The van der Waals surface area contributed by atoms with E-state index in [1.54, 1.807) is 18.2 Å². The quantitative estimate of drug-likeness (QED) is 0.712. The third kappa shape index (κ3) is 2.76. The average molecular weight is 304 g/mol. The highest BCUT2D eigenvalue weighted by Gasteiger charge is 2.13. The van der Waals surface area contributed by atoms with Gasteiger partial charge in [-0.3, -0.25) is 0 Å². The maximum Gasteiger partial charge on any atom is 0.128 e. The van der Waals surface area contributed by atoms with Crippen LogP contribution in [0.1, 0.15) is 5.56 Å². The van der Waals surface area contributed by atoms with Crippen LogP contribution in [0.25, 0.3) is 27.9 Å². The summed E-state index contributed by atoms with van der Waals surface area (Å²) < 4.78 is 0. The predicted octanol–water partition coefficient (Wildman–Crippen LogP) is 4.72. The van der Waals surface area contributed by atoms with Gasteiger partial charge in [0.2, 0.25) is 0 Å². The second-order valence-electron chi connectivity index (χ2n) is 4.61. The minimum Gasteiger partial charge on any atom is -0.507 e. The zero-order valence-corrected chi connectivity index (χ0v) is 12.4. The number of benzene rings is 2. The van der Waals surface area contributed by atoms with Crippen LogP contribution in [0.15, 0.2) is 60.0 Å². The summed E-state index contributed by atoms with van der Waals surface area (Å²) in [5, 5.41) is 21.6. The third-order valence-corrected chi connectivity index (χ3v) is 4.06. The van der Waals surface area contributed by atoms with Crippen molar-refractivity contribution in [1.82, 2.24) is 4.98 Å². The van der Waals surface area contributed by atoms with Crippen molar-refractivity contribution < 1.29 is 5.11 Å². The number of aromatic hydroxyl groups is 1. The van der Waals surface area contributed by atoms with E-state index in [0.717, 1.165) is 21.8 Å². The minimum atomic E-state index is 0.161. The van der Waals surface area contributed by atoms with Gasteiger partial charge in [0, 0.05) is 17.0 Å². The molecule has 0 aliphatic heterocycles. The van der Waals surface area contributed by atoms with E-state index in [-0.39, 0.29) is 5.75 Å². The van der Waals surface area contributed by atoms with E-state index in [9.17, 15) is 5.11 Å². The minimum absolute atomic E-state index is 0.161. The largest absolute Gasteiger partial charge is 0.507 e. The van der Waals surface area contributed by atoms with Gasteiger partial charge in [-0.1, -0.05) is 42.5 Å². The van der Waals surface area contributed by atoms with E-state index >= 15 is 0 Å². The normalized spacial score (nSPS) is 10.7. The molecular weight excluding hydrogens is 292 g/mol. The van der Waals surface area contributed by atoms with E-state index in [2.05, 4.69) is 4.98 Å². The molecule has 0 unspecified atom stereocenters. The van der Waals surface area contributed by atoms with Crippen LogP contribution in [0.3, 0.4) is 0 Å². The highest BCUT2D eigenvalue weighted by molar-refractivity contribution is 7.13. The van der Waals surface area contributed by atoms with Gasteiger partial charge < -0.3 is 5.11 Å². The first-order valence-corrected chi connectivity index (χ1v) is 7.57. The van der Waals surface area contributed by atoms with Crippen molar-refractivity contribution in [2.75, 3.05) is 0 Å². The molecule has 4 heteroatoms. The molecule has 1 heterocycles. The van der Waals surface area contributed by atoms with Crippen molar-refractivity contribution >= 4 is 17.4 Å². The van der Waals surface area contributed by atoms with Gasteiger partial charge in [0.25, 0.3) is 0 Å². The Hall–Kier alpha value is -2.90. The van der Waals surface area contributed by atoms with Gasteiger partial charge in [-0.05, 0) is 17.7 Å². The molecule has 22 heavy (non-hydrogen) atoms. The summed E-state index contributed by atoms with van der Waals surface area (Å²) in [7, 11) is 0. The molecule has 0 saturated heterocycles. The summed E-state index contributed by atoms with van der Waals surface area (Å²) in [6, 6.07) is 17.1. The van der Waals surface area contributed by atoms with Crippen molar-refractivity contribution in [3.63, 3.8) is 0 Å². The van der Waals surface area contributed by atoms with Gasteiger partial charge in [-0.2, -0.15) is 5.26 Å². The first-order valence-electron chi connectivity index (χ1n) is 6.69. The SMILES string of the molecule is N#C/C=C/c1cccc(O)c1-c1nc(-c2ccccc2)cs1. The van der Waals surface area contributed by atoms with Crippen LogP contribution in [0, 0.1) is 11.3 Å². The number of phenolic OH excluding ortho intramolecular Hbond substituents is 1. The molecule has 0 amide bonds. The van der Waals surface area contributed by atoms with Gasteiger partial charge in [-0.15, -0.1) is 11.3 Å². The number of thiazole rings is 1. The summed E-state index contributed by atoms with van der Waals surface area (Å²) >= 11 is 1.47. The Labute approximate surface area is 132 Å². The lowest BCUT2D eigenvalue weighted by molar-refractivity contribution is 0.477. The second kappa shape index (κ2) is 6.25. The maximum absolute atomic E-state index is 10.2. The molecular formula is C18H12N2OS. The van der Waals surface area contributed by atoms with E-state index in [1.165, 1.54) is 17.4 Å². The van der Waals surface area contributed by atoms with E-state index < -0.39 is 0 Å². The van der Waals surface area contributed by atoms with Crippen LogP contribution in [-0.4, -0.2) is 10.1 Å². The molecule has 0 atom stereocenters. The topological polar surface area (TPSA) is 56.9 Å². The zero-order chi connectivity index (χ0) is 15.4. The van der Waals surface area contributed by atoms with Crippen LogP contribution in [-0.2, 0) is 0 Å². The molecule has 106 valence electrons. The third-order valence-electron chi connectivity index (χ3n) is 3.20. The number of phenols is 1. The fraction of sp³-hybridized carbons (Fsp3) is 0. The monoisotopic (exact) mass is 304 g/mol. The van der Waals surface area contributed by atoms with E-state index in [1.807, 2.05) is 47.8 Å². The van der Waals surface area contributed by atoms with Gasteiger partial charge in [0.05, 0.1) is 17.3 Å². The lowest BCUT2D eigenvalue weighted by Gasteiger charge is -2.05. The summed E-state index contributed by atoms with van der Waals surface area (Å²) in [4.78, 5) is 4.62. The molecule has 1 aromatic heterocycles. The van der Waals surface area contributed by atoms with Gasteiger partial charge >= 0.3 is 0 Å². The number of hydrogen-bond acceptors (Lipinski definition) is 4.